The Morgan fingerprint density at radius 3 is 2.20 bits per heavy atom. The summed E-state index contributed by atoms with van der Waals surface area (Å²) in [7, 11) is 0. The van der Waals surface area contributed by atoms with Crippen molar-refractivity contribution in [3.8, 4) is 0 Å². The van der Waals surface area contributed by atoms with Gasteiger partial charge in [0.15, 0.2) is 4.17 Å². The first kappa shape index (κ1) is 8.25. The van der Waals surface area contributed by atoms with Gasteiger partial charge in [0.1, 0.15) is 0 Å². The van der Waals surface area contributed by atoms with E-state index >= 15 is 0 Å². The van der Waals surface area contributed by atoms with E-state index in [1.807, 2.05) is 30.3 Å². The molecule has 0 nitrogen and oxygen atoms in total. The van der Waals surface area contributed by atoms with Gasteiger partial charge in [0.05, 0.1) is 0 Å². The van der Waals surface area contributed by atoms with Crippen LogP contribution in [0.5, 0.6) is 0 Å². The average Bonchev–Trinajstić information content (AvgIpc) is 1.88. The van der Waals surface area contributed by atoms with Crippen LogP contribution >= 0.6 is 35.0 Å². The zero-order chi connectivity index (χ0) is 7.40. The molecule has 0 fully saturated rings. The van der Waals surface area contributed by atoms with Gasteiger partial charge in [-0.05, 0) is 12.1 Å². The summed E-state index contributed by atoms with van der Waals surface area (Å²) in [6, 6.07) is 9.82. The van der Waals surface area contributed by atoms with Crippen molar-refractivity contribution in [3.63, 3.8) is 0 Å². The van der Waals surface area contributed by atoms with Crippen LogP contribution in [0.4, 0.5) is 0 Å². The summed E-state index contributed by atoms with van der Waals surface area (Å²) in [5.74, 6) is 0. The van der Waals surface area contributed by atoms with Crippen LogP contribution in [0.25, 0.3) is 0 Å². The Kier molecular flexibility index (Phi) is 3.40. The van der Waals surface area contributed by atoms with E-state index in [0.717, 1.165) is 4.90 Å². The highest BCUT2D eigenvalue weighted by Crippen LogP contribution is 2.27. The van der Waals surface area contributed by atoms with Gasteiger partial charge in [-0.15, -0.1) is 0 Å². The first-order chi connectivity index (χ1) is 4.79. The van der Waals surface area contributed by atoms with E-state index in [0.29, 0.717) is 0 Å². The first-order valence-corrected chi connectivity index (χ1v) is 4.54. The van der Waals surface area contributed by atoms with Crippen LogP contribution in [-0.2, 0) is 0 Å². The van der Waals surface area contributed by atoms with E-state index in [2.05, 4.69) is 0 Å². The molecular formula is C7H6Cl2S. The number of hydrogen-bond acceptors (Lipinski definition) is 1. The zero-order valence-corrected chi connectivity index (χ0v) is 7.46. The maximum absolute atomic E-state index is 5.54. The Morgan fingerprint density at radius 1 is 1.10 bits per heavy atom. The monoisotopic (exact) mass is 192 g/mol. The summed E-state index contributed by atoms with van der Waals surface area (Å²) >= 11 is 12.5. The van der Waals surface area contributed by atoms with Gasteiger partial charge in [-0.25, -0.2) is 0 Å². The lowest BCUT2D eigenvalue weighted by Gasteiger charge is -1.98. The summed E-state index contributed by atoms with van der Waals surface area (Å²) < 4.78 is -0.373. The van der Waals surface area contributed by atoms with Crippen molar-refractivity contribution in [2.75, 3.05) is 0 Å². The van der Waals surface area contributed by atoms with Crippen molar-refractivity contribution < 1.29 is 0 Å². The molecule has 0 spiro atoms. The standard InChI is InChI=1S/C7H6Cl2S/c8-7(9)10-6-4-2-1-3-5-6/h1-5,7H. The van der Waals surface area contributed by atoms with Crippen LogP contribution in [0.15, 0.2) is 35.2 Å². The Bertz CT molecular complexity index is 186. The second-order valence-corrected chi connectivity index (χ2v) is 4.48. The number of hydrogen-bond donors (Lipinski definition) is 0. The van der Waals surface area contributed by atoms with E-state index in [9.17, 15) is 0 Å². The van der Waals surface area contributed by atoms with Crippen LogP contribution < -0.4 is 0 Å². The molecule has 0 radical (unpaired) electrons. The van der Waals surface area contributed by atoms with Gasteiger partial charge < -0.3 is 0 Å². The molecule has 0 bridgehead atoms. The third kappa shape index (κ3) is 2.82. The Balaban J connectivity index is 2.59. The highest BCUT2D eigenvalue weighted by atomic mass is 35.5. The predicted molar refractivity (Wildman–Crippen MR) is 47.8 cm³/mol. The minimum absolute atomic E-state index is 0.373. The van der Waals surface area contributed by atoms with Gasteiger partial charge in [-0.1, -0.05) is 53.2 Å². The molecule has 1 rings (SSSR count). The molecular weight excluding hydrogens is 187 g/mol. The molecule has 1 aromatic rings. The summed E-state index contributed by atoms with van der Waals surface area (Å²) in [4.78, 5) is 1.09. The summed E-state index contributed by atoms with van der Waals surface area (Å²) in [5.41, 5.74) is 0. The average molecular weight is 193 g/mol. The molecule has 0 aliphatic rings. The smallest absolute Gasteiger partial charge is 0.0928 e. The molecule has 0 unspecified atom stereocenters. The van der Waals surface area contributed by atoms with Gasteiger partial charge in [0.2, 0.25) is 0 Å². The molecule has 0 heterocycles. The maximum atomic E-state index is 5.54. The fraction of sp³-hybridized carbons (Fsp3) is 0.143. The molecule has 0 aromatic heterocycles. The summed E-state index contributed by atoms with van der Waals surface area (Å²) in [6.45, 7) is 0. The lowest BCUT2D eigenvalue weighted by atomic mass is 10.4. The number of thioether (sulfide) groups is 1. The van der Waals surface area contributed by atoms with E-state index in [-0.39, 0.29) is 4.17 Å². The zero-order valence-electron chi connectivity index (χ0n) is 5.13. The molecule has 0 amide bonds. The molecule has 1 aromatic carbocycles. The minimum atomic E-state index is -0.373. The van der Waals surface area contributed by atoms with E-state index in [1.54, 1.807) is 0 Å². The van der Waals surface area contributed by atoms with Crippen LogP contribution in [-0.4, -0.2) is 4.17 Å². The highest BCUT2D eigenvalue weighted by Gasteiger charge is 1.98. The largest absolute Gasteiger partial charge is 0.157 e. The second kappa shape index (κ2) is 4.12. The van der Waals surface area contributed by atoms with E-state index < -0.39 is 0 Å². The quantitative estimate of drug-likeness (QED) is 0.511. The second-order valence-electron chi connectivity index (χ2n) is 1.69. The SMILES string of the molecule is ClC(Cl)Sc1ccccc1. The van der Waals surface area contributed by atoms with Gasteiger partial charge in [-0.2, -0.15) is 0 Å². The molecule has 0 aliphatic heterocycles. The van der Waals surface area contributed by atoms with Crippen LogP contribution in [0.1, 0.15) is 0 Å². The van der Waals surface area contributed by atoms with Crippen molar-refractivity contribution >= 4 is 35.0 Å². The third-order valence-electron chi connectivity index (χ3n) is 0.968. The van der Waals surface area contributed by atoms with Gasteiger partial charge in [0, 0.05) is 4.90 Å². The van der Waals surface area contributed by atoms with Crippen LogP contribution in [0.3, 0.4) is 0 Å². The third-order valence-corrected chi connectivity index (χ3v) is 2.23. The van der Waals surface area contributed by atoms with Crippen LogP contribution in [0.2, 0.25) is 0 Å². The highest BCUT2D eigenvalue weighted by molar-refractivity contribution is 8.02. The topological polar surface area (TPSA) is 0 Å². The molecule has 0 saturated carbocycles. The molecule has 0 atom stereocenters. The van der Waals surface area contributed by atoms with Crippen LogP contribution in [0, 0.1) is 0 Å². The number of halogens is 2. The van der Waals surface area contributed by atoms with Crippen molar-refractivity contribution in [2.45, 2.75) is 9.06 Å². The van der Waals surface area contributed by atoms with Crippen molar-refractivity contribution in [1.82, 2.24) is 0 Å². The summed E-state index contributed by atoms with van der Waals surface area (Å²) in [5, 5.41) is 0. The Hall–Kier alpha value is 0.150. The Morgan fingerprint density at radius 2 is 1.70 bits per heavy atom. The molecule has 54 valence electrons. The van der Waals surface area contributed by atoms with E-state index in [1.165, 1.54) is 11.8 Å². The van der Waals surface area contributed by atoms with Crippen molar-refractivity contribution in [3.05, 3.63) is 30.3 Å². The van der Waals surface area contributed by atoms with Crippen molar-refractivity contribution in [2.24, 2.45) is 0 Å². The number of benzene rings is 1. The van der Waals surface area contributed by atoms with Gasteiger partial charge in [0.25, 0.3) is 0 Å². The predicted octanol–water partition coefficient (Wildman–Crippen LogP) is 3.54. The Labute approximate surface area is 74.5 Å². The van der Waals surface area contributed by atoms with E-state index in [4.69, 9.17) is 23.2 Å². The molecule has 3 heteroatoms. The lowest BCUT2D eigenvalue weighted by molar-refractivity contribution is 1.46. The van der Waals surface area contributed by atoms with Gasteiger partial charge >= 0.3 is 0 Å². The fourth-order valence-corrected chi connectivity index (χ4v) is 1.74. The molecule has 0 N–H and O–H groups in total. The molecule has 0 saturated heterocycles. The maximum Gasteiger partial charge on any atom is 0.157 e. The van der Waals surface area contributed by atoms with Crippen molar-refractivity contribution in [1.29, 1.82) is 0 Å². The summed E-state index contributed by atoms with van der Waals surface area (Å²) in [6.07, 6.45) is 0. The van der Waals surface area contributed by atoms with Gasteiger partial charge in [-0.3, -0.25) is 0 Å². The molecule has 10 heavy (non-hydrogen) atoms. The fourth-order valence-electron chi connectivity index (χ4n) is 0.602. The first-order valence-electron chi connectivity index (χ1n) is 2.79. The molecule has 0 aliphatic carbocycles. The lowest BCUT2D eigenvalue weighted by Crippen LogP contribution is -1.75. The number of alkyl halides is 2. The number of rotatable bonds is 2. The minimum Gasteiger partial charge on any atom is -0.0928 e. The normalized spacial score (nSPS) is 10.3.